The van der Waals surface area contributed by atoms with E-state index in [9.17, 15) is 9.59 Å². The second-order valence-electron chi connectivity index (χ2n) is 2.81. The Bertz CT molecular complexity index is 367. The molecule has 0 unspecified atom stereocenters. The van der Waals surface area contributed by atoms with Crippen molar-refractivity contribution in [3.63, 3.8) is 0 Å². The van der Waals surface area contributed by atoms with Crippen LogP contribution in [0.4, 0.5) is 0 Å². The zero-order valence-corrected chi connectivity index (χ0v) is 14.2. The second kappa shape index (κ2) is 8.10. The van der Waals surface area contributed by atoms with E-state index in [-0.39, 0.29) is 59.3 Å². The summed E-state index contributed by atoms with van der Waals surface area (Å²) in [5.74, 6) is -4.32. The first-order valence-corrected chi connectivity index (χ1v) is 3.88. The molecule has 2 N–H and O–H groups in total. The van der Waals surface area contributed by atoms with Crippen LogP contribution in [0.15, 0.2) is 12.1 Å². The maximum absolute atomic E-state index is 10.7. The van der Waals surface area contributed by atoms with Crippen molar-refractivity contribution in [3.8, 4) is 0 Å². The first-order valence-electron chi connectivity index (χ1n) is 3.88. The van der Waals surface area contributed by atoms with Crippen LogP contribution in [0.3, 0.4) is 0 Å². The van der Waals surface area contributed by atoms with Crippen LogP contribution in [-0.4, -0.2) is 22.2 Å². The van der Waals surface area contributed by atoms with Crippen molar-refractivity contribution in [1.29, 1.82) is 0 Å². The monoisotopic (exact) mass is 465 g/mol. The van der Waals surface area contributed by atoms with Gasteiger partial charge in [0.2, 0.25) is 0 Å². The van der Waals surface area contributed by atoms with E-state index < -0.39 is 17.9 Å². The third kappa shape index (κ3) is 4.44. The molecule has 1 rings (SSSR count). The summed E-state index contributed by atoms with van der Waals surface area (Å²) in [4.78, 5) is 21.4. The van der Waals surface area contributed by atoms with Crippen LogP contribution in [0.1, 0.15) is 17.0 Å². The zero-order chi connectivity index (χ0) is 10.7. The van der Waals surface area contributed by atoms with Gasteiger partial charge in [0.15, 0.2) is 0 Å². The van der Waals surface area contributed by atoms with Crippen LogP contribution in [-0.2, 0) is 63.4 Å². The average molecular weight is 465 g/mol. The van der Waals surface area contributed by atoms with E-state index >= 15 is 0 Å². The first kappa shape index (κ1) is 18.3. The van der Waals surface area contributed by atoms with Gasteiger partial charge in [0.1, 0.15) is 5.92 Å². The molecule has 0 amide bonds. The Labute approximate surface area is 133 Å². The number of rotatable bonds is 3. The summed E-state index contributed by atoms with van der Waals surface area (Å²) in [6.45, 7) is 1.63. The molecule has 83 valence electrons. The number of hydrogen-bond acceptors (Lipinski definition) is 2. The summed E-state index contributed by atoms with van der Waals surface area (Å²) >= 11 is 0. The van der Waals surface area contributed by atoms with Gasteiger partial charge in [0.25, 0.3) is 0 Å². The van der Waals surface area contributed by atoms with Gasteiger partial charge in [-0.15, -0.1) is 6.92 Å². The van der Waals surface area contributed by atoms with E-state index in [0.29, 0.717) is 5.56 Å². The SMILES string of the molecule is Cc1c[c-]c[c-]c1C(C(=O)O)C(=O)O.[W].[Y]. The van der Waals surface area contributed by atoms with Crippen LogP contribution in [0.5, 0.6) is 0 Å². The average Bonchev–Trinajstić information content (AvgIpc) is 2.07. The van der Waals surface area contributed by atoms with E-state index in [0.717, 1.165) is 0 Å². The number of benzene rings is 1. The Hall–Kier alpha value is -0.0478. The molecule has 16 heavy (non-hydrogen) atoms. The van der Waals surface area contributed by atoms with E-state index in [1.165, 1.54) is 12.1 Å². The number of aryl methyl sites for hydroxylation is 1. The van der Waals surface area contributed by atoms with Gasteiger partial charge in [-0.1, -0.05) is 0 Å². The fourth-order valence-corrected chi connectivity index (χ4v) is 1.14. The molecule has 0 spiro atoms. The predicted molar refractivity (Wildman–Crippen MR) is 46.9 cm³/mol. The second-order valence-corrected chi connectivity index (χ2v) is 2.81. The molecular weight excluding hydrogens is 457 g/mol. The minimum Gasteiger partial charge on any atom is -0.480 e. The Morgan fingerprint density at radius 3 is 2.19 bits per heavy atom. The summed E-state index contributed by atoms with van der Waals surface area (Å²) in [5.41, 5.74) is 0.728. The molecule has 0 aliphatic rings. The van der Waals surface area contributed by atoms with Gasteiger partial charge in [-0.25, -0.2) is 0 Å². The maximum atomic E-state index is 10.7. The Kier molecular flexibility index (Phi) is 9.28. The van der Waals surface area contributed by atoms with Crippen molar-refractivity contribution in [2.75, 3.05) is 0 Å². The van der Waals surface area contributed by atoms with Crippen LogP contribution in [0, 0.1) is 19.1 Å². The molecular formula is C10H8O4WY-2. The van der Waals surface area contributed by atoms with Gasteiger partial charge >= 0.3 is 11.9 Å². The molecule has 1 aromatic carbocycles. The summed E-state index contributed by atoms with van der Waals surface area (Å²) in [7, 11) is 0. The van der Waals surface area contributed by atoms with Crippen LogP contribution in [0.25, 0.3) is 0 Å². The number of carbonyl (C=O) groups is 2. The van der Waals surface area contributed by atoms with Gasteiger partial charge in [-0.2, -0.15) is 0 Å². The molecule has 0 aliphatic carbocycles. The van der Waals surface area contributed by atoms with E-state index in [1.807, 2.05) is 0 Å². The van der Waals surface area contributed by atoms with Gasteiger partial charge in [-0.05, 0) is 0 Å². The van der Waals surface area contributed by atoms with E-state index in [4.69, 9.17) is 10.2 Å². The Morgan fingerprint density at radius 2 is 1.81 bits per heavy atom. The van der Waals surface area contributed by atoms with E-state index in [1.54, 1.807) is 6.92 Å². The van der Waals surface area contributed by atoms with E-state index in [2.05, 4.69) is 12.1 Å². The summed E-state index contributed by atoms with van der Waals surface area (Å²) in [6, 6.07) is 8.18. The molecule has 0 aliphatic heterocycles. The maximum Gasteiger partial charge on any atom is 0.318 e. The van der Waals surface area contributed by atoms with Crippen molar-refractivity contribution >= 4 is 11.9 Å². The molecule has 0 heterocycles. The minimum atomic E-state index is -1.55. The molecule has 0 saturated carbocycles. The first-order chi connectivity index (χ1) is 6.54. The third-order valence-corrected chi connectivity index (χ3v) is 1.82. The number of aliphatic carboxylic acids is 2. The Balaban J connectivity index is 0. The van der Waals surface area contributed by atoms with Crippen LogP contribution >= 0.6 is 0 Å². The number of carboxylic acid groups (broad SMARTS) is 2. The number of hydrogen-bond donors (Lipinski definition) is 2. The third-order valence-electron chi connectivity index (χ3n) is 1.82. The fourth-order valence-electron chi connectivity index (χ4n) is 1.14. The van der Waals surface area contributed by atoms with Gasteiger partial charge in [0, 0.05) is 53.8 Å². The smallest absolute Gasteiger partial charge is 0.318 e. The molecule has 6 heteroatoms. The van der Waals surface area contributed by atoms with Crippen LogP contribution in [0.2, 0.25) is 0 Å². The van der Waals surface area contributed by atoms with Crippen molar-refractivity contribution < 1.29 is 73.6 Å². The molecule has 4 nitrogen and oxygen atoms in total. The predicted octanol–water partition coefficient (Wildman–Crippen LogP) is 0.843. The van der Waals surface area contributed by atoms with Gasteiger partial charge in [0.05, 0.1) is 0 Å². The largest absolute Gasteiger partial charge is 0.480 e. The molecule has 0 aromatic heterocycles. The van der Waals surface area contributed by atoms with Gasteiger partial charge < -0.3 is 28.4 Å². The zero-order valence-electron chi connectivity index (χ0n) is 8.43. The topological polar surface area (TPSA) is 74.6 Å². The Morgan fingerprint density at radius 1 is 1.31 bits per heavy atom. The molecule has 1 radical (unpaired) electrons. The minimum absolute atomic E-state index is 0. The fraction of sp³-hybridized carbons (Fsp3) is 0.200. The number of carboxylic acids is 2. The molecule has 0 bridgehead atoms. The summed E-state index contributed by atoms with van der Waals surface area (Å²) in [5, 5.41) is 17.4. The van der Waals surface area contributed by atoms with Crippen molar-refractivity contribution in [3.05, 3.63) is 35.4 Å². The van der Waals surface area contributed by atoms with Gasteiger partial charge in [-0.3, -0.25) is 26.8 Å². The summed E-state index contributed by atoms with van der Waals surface area (Å²) in [6.07, 6.45) is 0. The van der Waals surface area contributed by atoms with Crippen molar-refractivity contribution in [2.45, 2.75) is 12.8 Å². The normalized spacial score (nSPS) is 8.88. The quantitative estimate of drug-likeness (QED) is 0.513. The standard InChI is InChI=1S/C10H8O4.W.Y/c1-6-4-2-3-5-7(6)8(9(11)12)10(13)14;;/h3-4,8H,1H3,(H,11,12)(H,13,14);;/q-2;;. The van der Waals surface area contributed by atoms with Crippen LogP contribution < -0.4 is 0 Å². The molecule has 0 atom stereocenters. The molecule has 1 aromatic rings. The van der Waals surface area contributed by atoms with Crippen molar-refractivity contribution in [2.24, 2.45) is 0 Å². The van der Waals surface area contributed by atoms with Crippen molar-refractivity contribution in [1.82, 2.24) is 0 Å². The molecule has 0 fully saturated rings. The summed E-state index contributed by atoms with van der Waals surface area (Å²) < 4.78 is 0. The molecule has 0 saturated heterocycles.